The number of thiazole rings is 1. The number of hydrogen-bond donors (Lipinski definition) is 2. The predicted molar refractivity (Wildman–Crippen MR) is 92.9 cm³/mol. The third-order valence-electron chi connectivity index (χ3n) is 4.03. The molecule has 0 unspecified atom stereocenters. The molecule has 2 N–H and O–H groups in total. The van der Waals surface area contributed by atoms with Crippen molar-refractivity contribution < 1.29 is 9.59 Å². The minimum Gasteiger partial charge on any atom is -0.343 e. The van der Waals surface area contributed by atoms with E-state index >= 15 is 0 Å². The molecule has 1 atom stereocenters. The Morgan fingerprint density at radius 2 is 2.09 bits per heavy atom. The van der Waals surface area contributed by atoms with E-state index in [1.807, 2.05) is 11.4 Å². The van der Waals surface area contributed by atoms with Gasteiger partial charge < -0.3 is 10.6 Å². The smallest absolute Gasteiger partial charge is 0.271 e. The molecule has 1 aliphatic carbocycles. The molecule has 2 aromatic rings. The Morgan fingerprint density at radius 1 is 1.30 bits per heavy atom. The molecule has 1 aliphatic rings. The van der Waals surface area contributed by atoms with Gasteiger partial charge in [-0.05, 0) is 30.2 Å². The van der Waals surface area contributed by atoms with Crippen molar-refractivity contribution >= 4 is 39.6 Å². The van der Waals surface area contributed by atoms with Gasteiger partial charge in [0.1, 0.15) is 5.69 Å². The van der Waals surface area contributed by atoms with Crippen LogP contribution in [0.3, 0.4) is 0 Å². The Morgan fingerprint density at radius 3 is 2.74 bits per heavy atom. The predicted octanol–water partition coefficient (Wildman–Crippen LogP) is 3.82. The summed E-state index contributed by atoms with van der Waals surface area (Å²) in [7, 11) is 0. The number of nitrogens with zero attached hydrogens (tertiary/aromatic N) is 1. The van der Waals surface area contributed by atoms with E-state index in [0.717, 1.165) is 12.8 Å². The molecule has 2 heterocycles. The van der Waals surface area contributed by atoms with Crippen LogP contribution in [0.1, 0.15) is 54.0 Å². The standard InChI is InChI=1S/C16H19N3O2S2/c1-10(20)17-16-18-12(9-23-16)15(21)19-14(11-5-2-3-6-11)13-7-4-8-22-13/h4,7-9,11,14H,2-3,5-6H2,1H3,(H,19,21)(H,17,18,20)/t14-/m1/s1. The zero-order chi connectivity index (χ0) is 16.2. The van der Waals surface area contributed by atoms with Crippen LogP contribution in [0.25, 0.3) is 0 Å². The number of aromatic nitrogens is 1. The molecular formula is C16H19N3O2S2. The number of amides is 2. The van der Waals surface area contributed by atoms with Gasteiger partial charge in [0.05, 0.1) is 6.04 Å². The van der Waals surface area contributed by atoms with Gasteiger partial charge in [0.25, 0.3) is 5.91 Å². The lowest BCUT2D eigenvalue weighted by atomic mass is 9.96. The summed E-state index contributed by atoms with van der Waals surface area (Å²) in [5.74, 6) is 0.128. The van der Waals surface area contributed by atoms with Crippen LogP contribution in [0, 0.1) is 5.92 Å². The molecule has 3 rings (SSSR count). The van der Waals surface area contributed by atoms with Crippen molar-refractivity contribution in [3.63, 3.8) is 0 Å². The SMILES string of the molecule is CC(=O)Nc1nc(C(=O)N[C@@H](c2cccs2)C2CCCC2)cs1. The molecule has 2 aromatic heterocycles. The first-order valence-corrected chi connectivity index (χ1v) is 9.47. The molecule has 0 bridgehead atoms. The van der Waals surface area contributed by atoms with E-state index in [1.165, 1.54) is 36.0 Å². The van der Waals surface area contributed by atoms with Gasteiger partial charge in [-0.15, -0.1) is 22.7 Å². The summed E-state index contributed by atoms with van der Waals surface area (Å²) in [6.07, 6.45) is 4.76. The van der Waals surface area contributed by atoms with Crippen molar-refractivity contribution in [2.75, 3.05) is 5.32 Å². The van der Waals surface area contributed by atoms with Crippen molar-refractivity contribution in [1.29, 1.82) is 0 Å². The van der Waals surface area contributed by atoms with E-state index < -0.39 is 0 Å². The highest BCUT2D eigenvalue weighted by Crippen LogP contribution is 2.37. The highest BCUT2D eigenvalue weighted by Gasteiger charge is 2.29. The van der Waals surface area contributed by atoms with E-state index in [1.54, 1.807) is 16.7 Å². The van der Waals surface area contributed by atoms with Crippen LogP contribution in [0.4, 0.5) is 5.13 Å². The fraction of sp³-hybridized carbons (Fsp3) is 0.438. The van der Waals surface area contributed by atoms with E-state index in [4.69, 9.17) is 0 Å². The van der Waals surface area contributed by atoms with Crippen LogP contribution < -0.4 is 10.6 Å². The molecule has 122 valence electrons. The van der Waals surface area contributed by atoms with Gasteiger partial charge in [0.2, 0.25) is 5.91 Å². The highest BCUT2D eigenvalue weighted by atomic mass is 32.1. The number of thiophene rings is 1. The van der Waals surface area contributed by atoms with Gasteiger partial charge >= 0.3 is 0 Å². The topological polar surface area (TPSA) is 71.1 Å². The zero-order valence-corrected chi connectivity index (χ0v) is 14.5. The van der Waals surface area contributed by atoms with E-state index in [9.17, 15) is 9.59 Å². The molecular weight excluding hydrogens is 330 g/mol. The minimum atomic E-state index is -0.186. The lowest BCUT2D eigenvalue weighted by Crippen LogP contribution is -2.32. The first-order valence-electron chi connectivity index (χ1n) is 7.71. The van der Waals surface area contributed by atoms with Crippen molar-refractivity contribution in [3.05, 3.63) is 33.5 Å². The maximum atomic E-state index is 12.5. The lowest BCUT2D eigenvalue weighted by molar-refractivity contribution is -0.114. The summed E-state index contributed by atoms with van der Waals surface area (Å²) < 4.78 is 0. The van der Waals surface area contributed by atoms with Crippen LogP contribution in [-0.2, 0) is 4.79 Å². The molecule has 1 saturated carbocycles. The second-order valence-electron chi connectivity index (χ2n) is 5.73. The normalized spacial score (nSPS) is 16.2. The highest BCUT2D eigenvalue weighted by molar-refractivity contribution is 7.14. The van der Waals surface area contributed by atoms with E-state index in [2.05, 4.69) is 21.7 Å². The third-order valence-corrected chi connectivity index (χ3v) is 5.74. The van der Waals surface area contributed by atoms with Crippen molar-refractivity contribution in [1.82, 2.24) is 10.3 Å². The Labute approximate surface area is 143 Å². The average molecular weight is 349 g/mol. The van der Waals surface area contributed by atoms with Gasteiger partial charge in [0.15, 0.2) is 5.13 Å². The molecule has 1 fully saturated rings. The number of rotatable bonds is 5. The fourth-order valence-corrected chi connectivity index (χ4v) is 4.59. The molecule has 0 aliphatic heterocycles. The monoisotopic (exact) mass is 349 g/mol. The Balaban J connectivity index is 1.73. The Kier molecular flexibility index (Phi) is 5.07. The first kappa shape index (κ1) is 16.1. The first-order chi connectivity index (χ1) is 11.1. The van der Waals surface area contributed by atoms with E-state index in [-0.39, 0.29) is 17.9 Å². The van der Waals surface area contributed by atoms with Gasteiger partial charge in [0, 0.05) is 17.2 Å². The zero-order valence-electron chi connectivity index (χ0n) is 12.9. The molecule has 2 amide bonds. The minimum absolute atomic E-state index is 0.0518. The number of nitrogens with one attached hydrogen (secondary N) is 2. The number of carbonyl (C=O) groups excluding carboxylic acids is 2. The third kappa shape index (κ3) is 3.97. The Bertz CT molecular complexity index is 675. The maximum absolute atomic E-state index is 12.5. The van der Waals surface area contributed by atoms with Crippen molar-refractivity contribution in [2.45, 2.75) is 38.6 Å². The average Bonchev–Trinajstić information content (AvgIpc) is 3.25. The molecule has 5 nitrogen and oxygen atoms in total. The molecule has 0 spiro atoms. The van der Waals surface area contributed by atoms with E-state index in [0.29, 0.717) is 16.7 Å². The van der Waals surface area contributed by atoms with Crippen LogP contribution >= 0.6 is 22.7 Å². The number of anilines is 1. The van der Waals surface area contributed by atoms with Crippen molar-refractivity contribution in [3.8, 4) is 0 Å². The summed E-state index contributed by atoms with van der Waals surface area (Å²) in [6, 6.07) is 4.15. The summed E-state index contributed by atoms with van der Waals surface area (Å²) in [5, 5.41) is 9.93. The summed E-state index contributed by atoms with van der Waals surface area (Å²) in [5.41, 5.74) is 0.360. The Hall–Kier alpha value is -1.73. The number of hydrogen-bond acceptors (Lipinski definition) is 5. The molecule has 0 saturated heterocycles. The van der Waals surface area contributed by atoms with Gasteiger partial charge in [-0.1, -0.05) is 18.9 Å². The molecule has 0 radical (unpaired) electrons. The summed E-state index contributed by atoms with van der Waals surface area (Å²) >= 11 is 2.94. The maximum Gasteiger partial charge on any atom is 0.271 e. The van der Waals surface area contributed by atoms with Crippen molar-refractivity contribution in [2.24, 2.45) is 5.92 Å². The van der Waals surface area contributed by atoms with Crippen LogP contribution in [0.2, 0.25) is 0 Å². The molecule has 23 heavy (non-hydrogen) atoms. The summed E-state index contributed by atoms with van der Waals surface area (Å²) in [6.45, 7) is 1.42. The quantitative estimate of drug-likeness (QED) is 0.862. The van der Waals surface area contributed by atoms with Crippen LogP contribution in [0.15, 0.2) is 22.9 Å². The number of carbonyl (C=O) groups is 2. The fourth-order valence-electron chi connectivity index (χ4n) is 2.98. The van der Waals surface area contributed by atoms with Gasteiger partial charge in [-0.25, -0.2) is 4.98 Å². The van der Waals surface area contributed by atoms with Gasteiger partial charge in [-0.3, -0.25) is 9.59 Å². The lowest BCUT2D eigenvalue weighted by Gasteiger charge is -2.23. The molecule has 7 heteroatoms. The van der Waals surface area contributed by atoms with Crippen LogP contribution in [0.5, 0.6) is 0 Å². The largest absolute Gasteiger partial charge is 0.343 e. The molecule has 0 aromatic carbocycles. The van der Waals surface area contributed by atoms with Crippen LogP contribution in [-0.4, -0.2) is 16.8 Å². The second-order valence-corrected chi connectivity index (χ2v) is 7.57. The second kappa shape index (κ2) is 7.23. The summed E-state index contributed by atoms with van der Waals surface area (Å²) in [4.78, 5) is 29.0. The van der Waals surface area contributed by atoms with Gasteiger partial charge in [-0.2, -0.15) is 0 Å².